The lowest BCUT2D eigenvalue weighted by molar-refractivity contribution is 0.282. The maximum atomic E-state index is 12.6. The topological polar surface area (TPSA) is 24.9 Å². The molecule has 0 aliphatic heterocycles. The summed E-state index contributed by atoms with van der Waals surface area (Å²) in [6.07, 6.45) is 7.93. The summed E-state index contributed by atoms with van der Waals surface area (Å²) in [5.41, 5.74) is 0. The third-order valence-electron chi connectivity index (χ3n) is 3.72. The van der Waals surface area contributed by atoms with Crippen LogP contribution in [0.3, 0.4) is 0 Å². The molecule has 1 aromatic rings. The first-order valence-electron chi connectivity index (χ1n) is 6.59. The molecule has 1 aromatic heterocycles. The van der Waals surface area contributed by atoms with Gasteiger partial charge in [-0.3, -0.25) is 0 Å². The zero-order chi connectivity index (χ0) is 12.1. The normalized spacial score (nSPS) is 24.6. The second-order valence-electron chi connectivity index (χ2n) is 5.20. The Bertz CT molecular complexity index is 329. The van der Waals surface area contributed by atoms with Crippen LogP contribution < -0.4 is 5.32 Å². The lowest BCUT2D eigenvalue weighted by Gasteiger charge is -2.26. The van der Waals surface area contributed by atoms with Crippen molar-refractivity contribution >= 4 is 5.82 Å². The van der Waals surface area contributed by atoms with Crippen LogP contribution in [0.1, 0.15) is 39.0 Å². The summed E-state index contributed by atoms with van der Waals surface area (Å²) in [5, 5.41) is 3.25. The van der Waals surface area contributed by atoms with Crippen molar-refractivity contribution < 1.29 is 4.39 Å². The average molecular weight is 236 g/mol. The fourth-order valence-corrected chi connectivity index (χ4v) is 2.50. The molecule has 2 rings (SSSR count). The zero-order valence-corrected chi connectivity index (χ0v) is 10.5. The van der Waals surface area contributed by atoms with E-state index in [2.05, 4.69) is 17.2 Å². The van der Waals surface area contributed by atoms with Gasteiger partial charge in [-0.2, -0.15) is 0 Å². The molecule has 1 heterocycles. The fraction of sp³-hybridized carbons (Fsp3) is 0.643. The van der Waals surface area contributed by atoms with Gasteiger partial charge in [0.05, 0.1) is 6.20 Å². The molecule has 3 heteroatoms. The maximum Gasteiger partial charge on any atom is 0.141 e. The van der Waals surface area contributed by atoms with Gasteiger partial charge in [0.1, 0.15) is 11.6 Å². The van der Waals surface area contributed by atoms with Crippen LogP contribution in [0, 0.1) is 17.7 Å². The molecule has 0 spiro atoms. The van der Waals surface area contributed by atoms with Crippen LogP contribution in [-0.4, -0.2) is 11.5 Å². The van der Waals surface area contributed by atoms with Gasteiger partial charge in [-0.1, -0.05) is 32.6 Å². The first-order chi connectivity index (χ1) is 8.24. The van der Waals surface area contributed by atoms with Crippen LogP contribution >= 0.6 is 0 Å². The Hall–Kier alpha value is -1.12. The van der Waals surface area contributed by atoms with Crippen molar-refractivity contribution in [2.45, 2.75) is 39.0 Å². The number of halogens is 1. The fourth-order valence-electron chi connectivity index (χ4n) is 2.50. The van der Waals surface area contributed by atoms with Gasteiger partial charge in [-0.05, 0) is 30.4 Å². The third kappa shape index (κ3) is 3.99. The highest BCUT2D eigenvalue weighted by Crippen LogP contribution is 2.30. The minimum absolute atomic E-state index is 0.281. The molecule has 2 nitrogen and oxygen atoms in total. The number of pyridine rings is 1. The van der Waals surface area contributed by atoms with E-state index < -0.39 is 0 Å². The minimum atomic E-state index is -0.281. The number of hydrogen-bond donors (Lipinski definition) is 1. The molecular formula is C14H21FN2. The summed E-state index contributed by atoms with van der Waals surface area (Å²) in [7, 11) is 0. The predicted octanol–water partition coefficient (Wildman–Crippen LogP) is 3.85. The SMILES string of the molecule is CC1CCC(CCNc2ccc(F)cn2)CC1. The van der Waals surface area contributed by atoms with E-state index in [1.807, 2.05) is 0 Å². The summed E-state index contributed by atoms with van der Waals surface area (Å²) in [5.74, 6) is 2.27. The van der Waals surface area contributed by atoms with Crippen molar-refractivity contribution in [1.82, 2.24) is 4.98 Å². The van der Waals surface area contributed by atoms with Gasteiger partial charge in [0.25, 0.3) is 0 Å². The summed E-state index contributed by atoms with van der Waals surface area (Å²) in [6, 6.07) is 3.13. The van der Waals surface area contributed by atoms with Crippen LogP contribution in [0.5, 0.6) is 0 Å². The summed E-state index contributed by atoms with van der Waals surface area (Å²) in [6.45, 7) is 3.29. The smallest absolute Gasteiger partial charge is 0.141 e. The van der Waals surface area contributed by atoms with Crippen LogP contribution in [0.25, 0.3) is 0 Å². The molecule has 0 atom stereocenters. The lowest BCUT2D eigenvalue weighted by Crippen LogP contribution is -2.16. The second kappa shape index (κ2) is 5.99. The van der Waals surface area contributed by atoms with Crippen LogP contribution in [0.2, 0.25) is 0 Å². The molecule has 1 saturated carbocycles. The number of aromatic nitrogens is 1. The van der Waals surface area contributed by atoms with E-state index in [4.69, 9.17) is 0 Å². The van der Waals surface area contributed by atoms with Gasteiger partial charge >= 0.3 is 0 Å². The Kier molecular flexibility index (Phi) is 4.35. The van der Waals surface area contributed by atoms with Gasteiger partial charge in [0.15, 0.2) is 0 Å². The Morgan fingerprint density at radius 3 is 2.71 bits per heavy atom. The Balaban J connectivity index is 1.67. The third-order valence-corrected chi connectivity index (χ3v) is 3.72. The molecule has 0 bridgehead atoms. The van der Waals surface area contributed by atoms with Crippen LogP contribution in [0.15, 0.2) is 18.3 Å². The number of hydrogen-bond acceptors (Lipinski definition) is 2. The van der Waals surface area contributed by atoms with Gasteiger partial charge in [0.2, 0.25) is 0 Å². The second-order valence-corrected chi connectivity index (χ2v) is 5.20. The lowest BCUT2D eigenvalue weighted by atomic mass is 9.81. The van der Waals surface area contributed by atoms with E-state index in [0.717, 1.165) is 24.2 Å². The summed E-state index contributed by atoms with van der Waals surface area (Å²) >= 11 is 0. The zero-order valence-electron chi connectivity index (χ0n) is 10.5. The predicted molar refractivity (Wildman–Crippen MR) is 68.4 cm³/mol. The quantitative estimate of drug-likeness (QED) is 0.859. The van der Waals surface area contributed by atoms with Crippen molar-refractivity contribution in [1.29, 1.82) is 0 Å². The molecule has 1 aliphatic rings. The van der Waals surface area contributed by atoms with E-state index in [1.54, 1.807) is 6.07 Å². The number of rotatable bonds is 4. The van der Waals surface area contributed by atoms with Crippen molar-refractivity contribution in [2.24, 2.45) is 11.8 Å². The first kappa shape index (κ1) is 12.3. The minimum Gasteiger partial charge on any atom is -0.370 e. The Morgan fingerprint density at radius 1 is 1.29 bits per heavy atom. The first-order valence-corrected chi connectivity index (χ1v) is 6.59. The van der Waals surface area contributed by atoms with Crippen molar-refractivity contribution in [3.63, 3.8) is 0 Å². The highest BCUT2D eigenvalue weighted by Gasteiger charge is 2.17. The van der Waals surface area contributed by atoms with Gasteiger partial charge in [0, 0.05) is 6.54 Å². The maximum absolute atomic E-state index is 12.6. The highest BCUT2D eigenvalue weighted by molar-refractivity contribution is 5.33. The monoisotopic (exact) mass is 236 g/mol. The van der Waals surface area contributed by atoms with E-state index >= 15 is 0 Å². The summed E-state index contributed by atoms with van der Waals surface area (Å²) in [4.78, 5) is 3.99. The molecule has 0 amide bonds. The number of anilines is 1. The van der Waals surface area contributed by atoms with Crippen molar-refractivity contribution in [3.05, 3.63) is 24.1 Å². The molecule has 0 aromatic carbocycles. The van der Waals surface area contributed by atoms with Crippen LogP contribution in [0.4, 0.5) is 10.2 Å². The number of nitrogens with one attached hydrogen (secondary N) is 1. The molecule has 1 fully saturated rings. The summed E-state index contributed by atoms with van der Waals surface area (Å²) < 4.78 is 12.6. The van der Waals surface area contributed by atoms with Crippen LogP contribution in [-0.2, 0) is 0 Å². The molecule has 0 unspecified atom stereocenters. The largest absolute Gasteiger partial charge is 0.370 e. The number of nitrogens with zero attached hydrogens (tertiary/aromatic N) is 1. The molecule has 94 valence electrons. The standard InChI is InChI=1S/C14H21FN2/c1-11-2-4-12(5-3-11)8-9-16-14-7-6-13(15)10-17-14/h6-7,10-12H,2-5,8-9H2,1H3,(H,16,17). The van der Waals surface area contributed by atoms with Gasteiger partial charge < -0.3 is 5.32 Å². The molecule has 0 radical (unpaired) electrons. The van der Waals surface area contributed by atoms with E-state index in [9.17, 15) is 4.39 Å². The van der Waals surface area contributed by atoms with Crippen molar-refractivity contribution in [2.75, 3.05) is 11.9 Å². The molecule has 17 heavy (non-hydrogen) atoms. The van der Waals surface area contributed by atoms with E-state index in [1.165, 1.54) is 44.4 Å². The molecule has 0 saturated heterocycles. The molecular weight excluding hydrogens is 215 g/mol. The highest BCUT2D eigenvalue weighted by atomic mass is 19.1. The Morgan fingerprint density at radius 2 is 2.06 bits per heavy atom. The van der Waals surface area contributed by atoms with Gasteiger partial charge in [-0.25, -0.2) is 9.37 Å². The Labute approximate surface area is 103 Å². The molecule has 1 aliphatic carbocycles. The molecule has 1 N–H and O–H groups in total. The average Bonchev–Trinajstić information content (AvgIpc) is 2.34. The van der Waals surface area contributed by atoms with Gasteiger partial charge in [-0.15, -0.1) is 0 Å². The van der Waals surface area contributed by atoms with E-state index in [0.29, 0.717) is 0 Å². The van der Waals surface area contributed by atoms with Crippen molar-refractivity contribution in [3.8, 4) is 0 Å². The van der Waals surface area contributed by atoms with E-state index in [-0.39, 0.29) is 5.82 Å².